The van der Waals surface area contributed by atoms with Crippen LogP contribution >= 0.6 is 0 Å². The Balaban J connectivity index is 1.53. The van der Waals surface area contributed by atoms with E-state index in [9.17, 15) is 4.79 Å². The lowest BCUT2D eigenvalue weighted by Crippen LogP contribution is -2.45. The van der Waals surface area contributed by atoms with Crippen LogP contribution in [0, 0.1) is 0 Å². The van der Waals surface area contributed by atoms with Crippen LogP contribution in [-0.4, -0.2) is 65.8 Å². The number of aryl methyl sites for hydroxylation is 1. The number of aromatic nitrogens is 3. The zero-order valence-electron chi connectivity index (χ0n) is 22.5. The first-order valence-corrected chi connectivity index (χ1v) is 12.6. The average molecular weight is 512 g/mol. The van der Waals surface area contributed by atoms with E-state index in [1.807, 2.05) is 58.4 Å². The van der Waals surface area contributed by atoms with Crippen LogP contribution in [0.2, 0.25) is 0 Å². The number of anilines is 4. The molecule has 1 N–H and O–H groups in total. The fourth-order valence-electron chi connectivity index (χ4n) is 5.04. The Morgan fingerprint density at radius 3 is 2.74 bits per heavy atom. The van der Waals surface area contributed by atoms with E-state index in [0.29, 0.717) is 17.4 Å². The number of hydrogen-bond acceptors (Lipinski definition) is 7. The standard InChI is InChI=1S/C29H33N7O2/c1-7-28(37)36-19(2)35(15-14-33(3)4)25-17-27(38-6)23(16-26(25)36)32-29-30-13-12-22(31-29)21-18-34(5)24-11-9-8-10-20(21)24/h7-13,16-19H,1,14-15H2,2-6H3,(H,30,31,32). The largest absolute Gasteiger partial charge is 0.494 e. The van der Waals surface area contributed by atoms with Crippen molar-refractivity contribution in [2.45, 2.75) is 13.1 Å². The van der Waals surface area contributed by atoms with Gasteiger partial charge < -0.3 is 24.4 Å². The van der Waals surface area contributed by atoms with Crippen molar-refractivity contribution in [2.24, 2.45) is 7.05 Å². The number of nitrogens with zero attached hydrogens (tertiary/aromatic N) is 6. The summed E-state index contributed by atoms with van der Waals surface area (Å²) in [5.74, 6) is 0.917. The van der Waals surface area contributed by atoms with Gasteiger partial charge in [-0.3, -0.25) is 9.69 Å². The van der Waals surface area contributed by atoms with Gasteiger partial charge in [0.1, 0.15) is 11.9 Å². The summed E-state index contributed by atoms with van der Waals surface area (Å²) in [5, 5.41) is 4.46. The van der Waals surface area contributed by atoms with Gasteiger partial charge in [0.25, 0.3) is 5.91 Å². The minimum Gasteiger partial charge on any atom is -0.494 e. The quantitative estimate of drug-likeness (QED) is 0.346. The molecule has 1 amide bonds. The third-order valence-electron chi connectivity index (χ3n) is 6.97. The molecule has 0 fully saturated rings. The van der Waals surface area contributed by atoms with Gasteiger partial charge in [0.05, 0.1) is 29.9 Å². The highest BCUT2D eigenvalue weighted by molar-refractivity contribution is 6.07. The fraction of sp³-hybridized carbons (Fsp3) is 0.276. The summed E-state index contributed by atoms with van der Waals surface area (Å²) in [6.07, 6.45) is 5.01. The molecule has 9 nitrogen and oxygen atoms in total. The Hall–Kier alpha value is -4.37. The van der Waals surface area contributed by atoms with Crippen molar-refractivity contribution in [3.8, 4) is 17.0 Å². The predicted octanol–water partition coefficient (Wildman–Crippen LogP) is 4.63. The summed E-state index contributed by atoms with van der Waals surface area (Å²) in [6, 6.07) is 14.0. The van der Waals surface area contributed by atoms with E-state index >= 15 is 0 Å². The smallest absolute Gasteiger partial charge is 0.252 e. The topological polar surface area (TPSA) is 78.8 Å². The zero-order chi connectivity index (χ0) is 27.0. The number of likely N-dealkylation sites (N-methyl/N-ethyl adjacent to an activating group) is 1. The Bertz CT molecular complexity index is 1510. The molecule has 5 rings (SSSR count). The van der Waals surface area contributed by atoms with Gasteiger partial charge in [-0.05, 0) is 45.3 Å². The second kappa shape index (κ2) is 10.2. The van der Waals surface area contributed by atoms with E-state index in [4.69, 9.17) is 9.72 Å². The summed E-state index contributed by atoms with van der Waals surface area (Å²) in [6.45, 7) is 7.34. The molecule has 4 aromatic rings. The molecule has 196 valence electrons. The maximum absolute atomic E-state index is 12.9. The highest BCUT2D eigenvalue weighted by Gasteiger charge is 2.37. The molecule has 0 bridgehead atoms. The normalized spacial score (nSPS) is 14.7. The molecule has 38 heavy (non-hydrogen) atoms. The Morgan fingerprint density at radius 2 is 2.00 bits per heavy atom. The Kier molecular flexibility index (Phi) is 6.77. The average Bonchev–Trinajstić information content (AvgIpc) is 3.39. The molecular formula is C29H33N7O2. The van der Waals surface area contributed by atoms with Crippen molar-refractivity contribution >= 4 is 39.8 Å². The first kappa shape index (κ1) is 25.3. The van der Waals surface area contributed by atoms with Crippen molar-refractivity contribution in [3.05, 3.63) is 67.5 Å². The lowest BCUT2D eigenvalue weighted by Gasteiger charge is -2.29. The molecule has 0 radical (unpaired) electrons. The van der Waals surface area contributed by atoms with Crippen LogP contribution in [0.3, 0.4) is 0 Å². The van der Waals surface area contributed by atoms with Gasteiger partial charge in [-0.1, -0.05) is 24.8 Å². The van der Waals surface area contributed by atoms with E-state index < -0.39 is 0 Å². The molecule has 1 atom stereocenters. The molecule has 1 aliphatic rings. The van der Waals surface area contributed by atoms with Gasteiger partial charge >= 0.3 is 0 Å². The van der Waals surface area contributed by atoms with Crippen LogP contribution in [0.5, 0.6) is 5.75 Å². The van der Waals surface area contributed by atoms with Crippen molar-refractivity contribution < 1.29 is 9.53 Å². The van der Waals surface area contributed by atoms with Crippen molar-refractivity contribution in [1.29, 1.82) is 0 Å². The van der Waals surface area contributed by atoms with E-state index in [1.54, 1.807) is 18.2 Å². The van der Waals surface area contributed by atoms with Crippen molar-refractivity contribution in [3.63, 3.8) is 0 Å². The molecule has 2 aromatic carbocycles. The fourth-order valence-corrected chi connectivity index (χ4v) is 5.04. The molecule has 1 aliphatic heterocycles. The number of carbonyl (C=O) groups is 1. The molecule has 0 saturated heterocycles. The maximum Gasteiger partial charge on any atom is 0.252 e. The number of hydrogen-bond donors (Lipinski definition) is 1. The van der Waals surface area contributed by atoms with Crippen LogP contribution in [0.1, 0.15) is 6.92 Å². The van der Waals surface area contributed by atoms with Gasteiger partial charge in [0, 0.05) is 55.1 Å². The van der Waals surface area contributed by atoms with Crippen LogP contribution in [0.15, 0.2) is 67.5 Å². The van der Waals surface area contributed by atoms with Gasteiger partial charge in [0.15, 0.2) is 0 Å². The minimum atomic E-state index is -0.165. The second-order valence-electron chi connectivity index (χ2n) is 9.64. The molecule has 0 spiro atoms. The van der Waals surface area contributed by atoms with Crippen LogP contribution in [-0.2, 0) is 11.8 Å². The monoisotopic (exact) mass is 511 g/mol. The molecule has 1 unspecified atom stereocenters. The number of methoxy groups -OCH3 is 1. The second-order valence-corrected chi connectivity index (χ2v) is 9.64. The van der Waals surface area contributed by atoms with E-state index in [-0.39, 0.29) is 12.1 Å². The van der Waals surface area contributed by atoms with Crippen LogP contribution < -0.4 is 19.9 Å². The summed E-state index contributed by atoms with van der Waals surface area (Å²) in [5.41, 5.74) is 5.37. The summed E-state index contributed by atoms with van der Waals surface area (Å²) >= 11 is 0. The molecule has 0 aliphatic carbocycles. The minimum absolute atomic E-state index is 0.156. The highest BCUT2D eigenvalue weighted by atomic mass is 16.5. The molecule has 3 heterocycles. The van der Waals surface area contributed by atoms with E-state index in [2.05, 4.69) is 49.6 Å². The molecular weight excluding hydrogens is 478 g/mol. The summed E-state index contributed by atoms with van der Waals surface area (Å²) in [7, 11) is 7.73. The van der Waals surface area contributed by atoms with E-state index in [1.165, 1.54) is 6.08 Å². The third kappa shape index (κ3) is 4.45. The third-order valence-corrected chi connectivity index (χ3v) is 6.97. The number of para-hydroxylation sites is 1. The van der Waals surface area contributed by atoms with Crippen LogP contribution in [0.25, 0.3) is 22.2 Å². The molecule has 9 heteroatoms. The first-order chi connectivity index (χ1) is 18.3. The Morgan fingerprint density at radius 1 is 1.21 bits per heavy atom. The lowest BCUT2D eigenvalue weighted by atomic mass is 10.1. The zero-order valence-corrected chi connectivity index (χ0v) is 22.5. The number of fused-ring (bicyclic) bond motifs is 2. The predicted molar refractivity (Wildman–Crippen MR) is 153 cm³/mol. The molecule has 2 aromatic heterocycles. The van der Waals surface area contributed by atoms with Gasteiger partial charge in [-0.25, -0.2) is 9.97 Å². The van der Waals surface area contributed by atoms with Gasteiger partial charge in [0.2, 0.25) is 5.95 Å². The number of nitrogens with one attached hydrogen (secondary N) is 1. The maximum atomic E-state index is 12.9. The van der Waals surface area contributed by atoms with Crippen molar-refractivity contribution in [2.75, 3.05) is 49.4 Å². The number of ether oxygens (including phenoxy) is 1. The van der Waals surface area contributed by atoms with Crippen LogP contribution in [0.4, 0.5) is 23.0 Å². The number of carbonyl (C=O) groups excluding carboxylic acids is 1. The van der Waals surface area contributed by atoms with Gasteiger partial charge in [-0.2, -0.15) is 0 Å². The number of amides is 1. The Labute approximate surface area is 223 Å². The SMILES string of the molecule is C=CC(=O)N1c2cc(Nc3nccc(-c4cn(C)c5ccccc45)n3)c(OC)cc2N(CCN(C)C)C1C. The summed E-state index contributed by atoms with van der Waals surface area (Å²) in [4.78, 5) is 28.3. The van der Waals surface area contributed by atoms with Crippen molar-refractivity contribution in [1.82, 2.24) is 19.4 Å². The highest BCUT2D eigenvalue weighted by Crippen LogP contribution is 2.46. The summed E-state index contributed by atoms with van der Waals surface area (Å²) < 4.78 is 7.86. The number of benzene rings is 2. The molecule has 0 saturated carbocycles. The number of rotatable bonds is 8. The lowest BCUT2D eigenvalue weighted by molar-refractivity contribution is -0.114. The van der Waals surface area contributed by atoms with Gasteiger partial charge in [-0.15, -0.1) is 0 Å². The van der Waals surface area contributed by atoms with E-state index in [0.717, 1.165) is 46.6 Å². The first-order valence-electron chi connectivity index (χ1n) is 12.6.